The smallest absolute Gasteiger partial charge is 0.360 e. The third-order valence-electron chi connectivity index (χ3n) is 8.51. The van der Waals surface area contributed by atoms with E-state index < -0.39 is 5.97 Å². The number of carbonyl (C=O) groups is 2. The minimum absolute atomic E-state index is 0.0597. The lowest BCUT2D eigenvalue weighted by atomic mass is 9.83. The van der Waals surface area contributed by atoms with Crippen LogP contribution < -0.4 is 10.1 Å². The zero-order valence-electron chi connectivity index (χ0n) is 23.0. The molecule has 210 valence electrons. The lowest BCUT2D eigenvalue weighted by molar-refractivity contribution is -0.125. The Labute approximate surface area is 230 Å². The van der Waals surface area contributed by atoms with Gasteiger partial charge in [0, 0.05) is 31.2 Å². The molecular weight excluding hydrogens is 496 g/mol. The maximum Gasteiger partial charge on any atom is 0.360 e. The van der Waals surface area contributed by atoms with Crippen LogP contribution in [0.1, 0.15) is 60.6 Å². The highest BCUT2D eigenvalue weighted by molar-refractivity contribution is 5.86. The number of piperidine rings is 2. The van der Waals surface area contributed by atoms with Crippen LogP contribution in [0.5, 0.6) is 5.75 Å². The number of nitrogens with zero attached hydrogens (tertiary/aromatic N) is 5. The average Bonchev–Trinajstić information content (AvgIpc) is 3.64. The molecule has 0 unspecified atom stereocenters. The van der Waals surface area contributed by atoms with Crippen molar-refractivity contribution in [2.24, 2.45) is 5.92 Å². The van der Waals surface area contributed by atoms with Crippen molar-refractivity contribution < 1.29 is 19.1 Å². The van der Waals surface area contributed by atoms with Crippen LogP contribution in [-0.4, -0.2) is 95.7 Å². The minimum Gasteiger partial charge on any atom is -0.496 e. The number of nitrogens with one attached hydrogen (secondary N) is 1. The second-order valence-corrected chi connectivity index (χ2v) is 10.8. The fraction of sp³-hybridized carbons (Fsp3) is 0.586. The van der Waals surface area contributed by atoms with Crippen LogP contribution in [0, 0.1) is 5.92 Å². The van der Waals surface area contributed by atoms with Gasteiger partial charge in [-0.15, -0.1) is 5.10 Å². The highest BCUT2D eigenvalue weighted by atomic mass is 16.5. The van der Waals surface area contributed by atoms with E-state index in [0.29, 0.717) is 31.5 Å². The molecule has 10 nitrogen and oxygen atoms in total. The molecular formula is C29H40N6O4. The Morgan fingerprint density at radius 2 is 1.97 bits per heavy atom. The summed E-state index contributed by atoms with van der Waals surface area (Å²) in [5.74, 6) is 0.861. The van der Waals surface area contributed by atoms with Crippen molar-refractivity contribution in [3.05, 3.63) is 47.8 Å². The Bertz CT molecular complexity index is 1160. The largest absolute Gasteiger partial charge is 0.496 e. The first-order chi connectivity index (χ1) is 19.1. The van der Waals surface area contributed by atoms with Gasteiger partial charge >= 0.3 is 5.97 Å². The number of benzene rings is 1. The van der Waals surface area contributed by atoms with Crippen LogP contribution in [0.2, 0.25) is 0 Å². The second-order valence-electron chi connectivity index (χ2n) is 10.8. The summed E-state index contributed by atoms with van der Waals surface area (Å²) in [5, 5.41) is 11.5. The molecule has 39 heavy (non-hydrogen) atoms. The fourth-order valence-corrected chi connectivity index (χ4v) is 6.48. The van der Waals surface area contributed by atoms with Crippen molar-refractivity contribution in [1.82, 2.24) is 30.1 Å². The van der Waals surface area contributed by atoms with Gasteiger partial charge in [0.15, 0.2) is 5.69 Å². The summed E-state index contributed by atoms with van der Waals surface area (Å²) in [6.07, 6.45) is 12.5. The molecule has 1 aromatic carbocycles. The average molecular weight is 537 g/mol. The Morgan fingerprint density at radius 3 is 2.82 bits per heavy atom. The molecule has 4 atom stereocenters. The quantitative estimate of drug-likeness (QED) is 0.489. The third kappa shape index (κ3) is 6.33. The van der Waals surface area contributed by atoms with Crippen LogP contribution in [0.3, 0.4) is 0 Å². The van der Waals surface area contributed by atoms with E-state index in [1.54, 1.807) is 18.0 Å². The molecule has 0 saturated carbocycles. The van der Waals surface area contributed by atoms with E-state index in [9.17, 15) is 9.59 Å². The summed E-state index contributed by atoms with van der Waals surface area (Å²) in [6.45, 7) is 4.33. The van der Waals surface area contributed by atoms with E-state index in [0.717, 1.165) is 17.9 Å². The third-order valence-corrected chi connectivity index (χ3v) is 8.51. The molecule has 10 heteroatoms. The molecule has 1 N–H and O–H groups in total. The van der Waals surface area contributed by atoms with Gasteiger partial charge in [-0.05, 0) is 57.2 Å². The molecule has 1 aromatic heterocycles. The summed E-state index contributed by atoms with van der Waals surface area (Å²) >= 11 is 0. The second kappa shape index (κ2) is 12.7. The molecule has 1 amide bonds. The molecule has 3 fully saturated rings. The Hall–Kier alpha value is -3.24. The molecule has 0 radical (unpaired) electrons. The van der Waals surface area contributed by atoms with E-state index in [1.807, 2.05) is 30.3 Å². The molecule has 2 aromatic rings. The fourth-order valence-electron chi connectivity index (χ4n) is 6.48. The number of aromatic nitrogens is 3. The van der Waals surface area contributed by atoms with Crippen molar-refractivity contribution in [3.63, 3.8) is 0 Å². The molecule has 3 aliphatic rings. The highest BCUT2D eigenvalue weighted by Crippen LogP contribution is 2.31. The highest BCUT2D eigenvalue weighted by Gasteiger charge is 2.39. The van der Waals surface area contributed by atoms with E-state index in [4.69, 9.17) is 9.47 Å². The normalized spacial score (nSPS) is 25.9. The van der Waals surface area contributed by atoms with Crippen LogP contribution in [0.4, 0.5) is 0 Å². The lowest BCUT2D eigenvalue weighted by Gasteiger charge is -2.44. The van der Waals surface area contributed by atoms with Gasteiger partial charge in [-0.1, -0.05) is 42.0 Å². The monoisotopic (exact) mass is 536 g/mol. The summed E-state index contributed by atoms with van der Waals surface area (Å²) in [4.78, 5) is 30.3. The van der Waals surface area contributed by atoms with Crippen LogP contribution in [0.25, 0.3) is 6.08 Å². The van der Waals surface area contributed by atoms with Gasteiger partial charge in [-0.3, -0.25) is 9.69 Å². The van der Waals surface area contributed by atoms with E-state index in [1.165, 1.54) is 52.3 Å². The van der Waals surface area contributed by atoms with E-state index in [2.05, 4.69) is 31.5 Å². The number of carbonyl (C=O) groups excluding carboxylic acids is 2. The number of rotatable bonds is 9. The first kappa shape index (κ1) is 27.3. The number of likely N-dealkylation sites (tertiary alicyclic amines) is 1. The number of ether oxygens (including phenoxy) is 2. The first-order valence-electron chi connectivity index (χ1n) is 14.1. The predicted octanol–water partition coefficient (Wildman–Crippen LogP) is 2.78. The topological polar surface area (TPSA) is 102 Å². The van der Waals surface area contributed by atoms with Gasteiger partial charge in [-0.2, -0.15) is 0 Å². The molecule has 3 saturated heterocycles. The van der Waals surface area contributed by atoms with Crippen LogP contribution >= 0.6 is 0 Å². The zero-order chi connectivity index (χ0) is 27.2. The van der Waals surface area contributed by atoms with Gasteiger partial charge in [0.05, 0.1) is 32.5 Å². The number of esters is 1. The minimum atomic E-state index is -0.519. The summed E-state index contributed by atoms with van der Waals surface area (Å²) in [5.41, 5.74) is 1.16. The number of hydrogen-bond donors (Lipinski definition) is 1. The van der Waals surface area contributed by atoms with E-state index in [-0.39, 0.29) is 23.7 Å². The standard InChI is InChI=1S/C29H40N6O4/c1-38-27-13-4-3-9-21(27)10-7-16-34-19-23(35-20-24(31-32-35)29(37)39-2)17-26(34)28(36)30-18-22-11-8-15-33-14-6-5-12-25(22)33/h3-4,7,9-10,13,20,22-23,25-26H,5-6,8,11-12,14-19H2,1-2H3,(H,30,36)/t22-,23-,25+,26-/m0/s1. The molecule has 5 rings (SSSR count). The van der Waals surface area contributed by atoms with Crippen molar-refractivity contribution >= 4 is 18.0 Å². The number of amides is 1. The van der Waals surface area contributed by atoms with Crippen molar-refractivity contribution in [3.8, 4) is 5.75 Å². The summed E-state index contributed by atoms with van der Waals surface area (Å²) < 4.78 is 11.9. The van der Waals surface area contributed by atoms with Gasteiger partial charge in [-0.25, -0.2) is 9.48 Å². The van der Waals surface area contributed by atoms with Gasteiger partial charge in [0.25, 0.3) is 0 Å². The Kier molecular flexibility index (Phi) is 8.93. The van der Waals surface area contributed by atoms with Crippen molar-refractivity contribution in [1.29, 1.82) is 0 Å². The SMILES string of the molecule is COC(=O)c1cn([C@H]2C[C@@H](C(=O)NC[C@@H]3CCCN4CCCC[C@H]34)N(CC=Cc3ccccc3OC)C2)nn1. The zero-order valence-corrected chi connectivity index (χ0v) is 23.0. The molecule has 0 spiro atoms. The van der Waals surface area contributed by atoms with E-state index >= 15 is 0 Å². The summed E-state index contributed by atoms with van der Waals surface area (Å²) in [7, 11) is 2.99. The number of hydrogen-bond acceptors (Lipinski definition) is 8. The van der Waals surface area contributed by atoms with Crippen LogP contribution in [0.15, 0.2) is 36.5 Å². The predicted molar refractivity (Wildman–Crippen MR) is 147 cm³/mol. The number of fused-ring (bicyclic) bond motifs is 1. The molecule has 0 aliphatic carbocycles. The van der Waals surface area contributed by atoms with Crippen molar-refractivity contribution in [2.45, 2.75) is 56.7 Å². The summed E-state index contributed by atoms with van der Waals surface area (Å²) in [6, 6.07) is 8.09. The Balaban J connectivity index is 1.27. The van der Waals surface area contributed by atoms with Gasteiger partial charge < -0.3 is 19.7 Å². The lowest BCUT2D eigenvalue weighted by Crippen LogP contribution is -2.52. The van der Waals surface area contributed by atoms with Gasteiger partial charge in [0.2, 0.25) is 5.91 Å². The van der Waals surface area contributed by atoms with Crippen LogP contribution in [-0.2, 0) is 9.53 Å². The molecule has 4 heterocycles. The maximum absolute atomic E-state index is 13.6. The number of para-hydroxylation sites is 1. The van der Waals surface area contributed by atoms with Crippen molar-refractivity contribution in [2.75, 3.05) is 46.9 Å². The van der Waals surface area contributed by atoms with Gasteiger partial charge in [0.1, 0.15) is 5.75 Å². The molecule has 3 aliphatic heterocycles. The maximum atomic E-state index is 13.6. The first-order valence-corrected chi connectivity index (χ1v) is 14.1. The molecule has 0 bridgehead atoms. The number of methoxy groups -OCH3 is 2. The Morgan fingerprint density at radius 1 is 1.13 bits per heavy atom.